The molecule has 0 fully saturated rings. The molecular weight excluding hydrogens is 430 g/mol. The molecule has 0 aliphatic rings. The lowest BCUT2D eigenvalue weighted by atomic mass is 10.2. The normalized spacial score (nSPS) is 10.7. The molecule has 0 aliphatic heterocycles. The number of ether oxygens (including phenoxy) is 1. The maximum Gasteiger partial charge on any atom is 0.216 e. The second-order valence-electron chi connectivity index (χ2n) is 5.52. The lowest BCUT2D eigenvalue weighted by molar-refractivity contribution is 0.482. The van der Waals surface area contributed by atoms with E-state index in [1.165, 1.54) is 17.7 Å². The van der Waals surface area contributed by atoms with Crippen LogP contribution in [0.5, 0.6) is 11.5 Å². The Morgan fingerprint density at radius 2 is 2.07 bits per heavy atom. The first-order valence-electron chi connectivity index (χ1n) is 8.11. The second kappa shape index (κ2) is 8.28. The number of thiazole rings is 1. The highest BCUT2D eigenvalue weighted by molar-refractivity contribution is 9.10. The fourth-order valence-electron chi connectivity index (χ4n) is 2.33. The molecule has 0 spiro atoms. The highest BCUT2D eigenvalue weighted by atomic mass is 79.9. The number of aromatic nitrogens is 4. The molecule has 3 aromatic heterocycles. The van der Waals surface area contributed by atoms with E-state index < -0.39 is 0 Å². The van der Waals surface area contributed by atoms with Crippen LogP contribution >= 0.6 is 27.3 Å². The molecule has 0 aliphatic carbocycles. The van der Waals surface area contributed by atoms with E-state index in [9.17, 15) is 0 Å². The first kappa shape index (κ1) is 17.6. The minimum Gasteiger partial charge on any atom is -0.453 e. The van der Waals surface area contributed by atoms with E-state index in [1.807, 2.05) is 41.8 Å². The molecule has 0 unspecified atom stereocenters. The maximum atomic E-state index is 5.96. The van der Waals surface area contributed by atoms with Crippen molar-refractivity contribution in [3.8, 4) is 11.5 Å². The molecule has 1 aromatic carbocycles. The fourth-order valence-corrected chi connectivity index (χ4v) is 3.38. The average molecular weight is 444 g/mol. The summed E-state index contributed by atoms with van der Waals surface area (Å²) < 4.78 is 11.9. The summed E-state index contributed by atoms with van der Waals surface area (Å²) in [6.45, 7) is 0. The number of nitrogens with zero attached hydrogens (tertiary/aromatic N) is 4. The van der Waals surface area contributed by atoms with E-state index >= 15 is 0 Å². The zero-order valence-corrected chi connectivity index (χ0v) is 16.4. The van der Waals surface area contributed by atoms with Crippen molar-refractivity contribution in [2.75, 3.05) is 5.32 Å². The summed E-state index contributed by atoms with van der Waals surface area (Å²) in [4.78, 5) is 9.00. The van der Waals surface area contributed by atoms with Gasteiger partial charge < -0.3 is 14.5 Å². The topological polar surface area (TPSA) is 86.0 Å². The summed E-state index contributed by atoms with van der Waals surface area (Å²) >= 11 is 4.94. The first-order valence-corrected chi connectivity index (χ1v) is 9.78. The van der Waals surface area contributed by atoms with Gasteiger partial charge in [0.25, 0.3) is 0 Å². The van der Waals surface area contributed by atoms with Gasteiger partial charge in [-0.15, -0.1) is 21.5 Å². The monoisotopic (exact) mass is 443 g/mol. The Bertz CT molecular complexity index is 1010. The molecule has 0 radical (unpaired) electrons. The Balaban J connectivity index is 1.47. The van der Waals surface area contributed by atoms with Crippen molar-refractivity contribution < 1.29 is 9.15 Å². The highest BCUT2D eigenvalue weighted by Gasteiger charge is 2.11. The predicted molar refractivity (Wildman–Crippen MR) is 106 cm³/mol. The maximum absolute atomic E-state index is 5.96. The van der Waals surface area contributed by atoms with Crippen LogP contribution in [0, 0.1) is 0 Å². The van der Waals surface area contributed by atoms with Crippen molar-refractivity contribution >= 4 is 38.2 Å². The molecule has 9 heteroatoms. The molecule has 0 saturated heterocycles. The average Bonchev–Trinajstić information content (AvgIpc) is 3.35. The summed E-state index contributed by atoms with van der Waals surface area (Å²) in [5, 5.41) is 13.5. The van der Waals surface area contributed by atoms with Crippen molar-refractivity contribution in [3.63, 3.8) is 0 Å². The van der Waals surface area contributed by atoms with Gasteiger partial charge in [0.1, 0.15) is 5.75 Å². The molecule has 136 valence electrons. The summed E-state index contributed by atoms with van der Waals surface area (Å²) in [7, 11) is 0. The van der Waals surface area contributed by atoms with Gasteiger partial charge in [0, 0.05) is 28.5 Å². The minimum absolute atomic E-state index is 0.597. The predicted octanol–water partition coefficient (Wildman–Crippen LogP) is 5.00. The third-order valence-electron chi connectivity index (χ3n) is 3.57. The Kier molecular flexibility index (Phi) is 5.40. The molecule has 27 heavy (non-hydrogen) atoms. The van der Waals surface area contributed by atoms with E-state index in [2.05, 4.69) is 41.4 Å². The van der Waals surface area contributed by atoms with Gasteiger partial charge in [0.05, 0.1) is 5.69 Å². The molecule has 4 aromatic rings. The molecule has 0 amide bonds. The number of pyridine rings is 1. The quantitative estimate of drug-likeness (QED) is 0.429. The third-order valence-corrected chi connectivity index (χ3v) is 4.81. The number of halogens is 1. The van der Waals surface area contributed by atoms with Crippen LogP contribution in [0.3, 0.4) is 0 Å². The highest BCUT2D eigenvalue weighted by Crippen LogP contribution is 2.33. The molecule has 3 heterocycles. The lowest BCUT2D eigenvalue weighted by Gasteiger charge is -2.11. The lowest BCUT2D eigenvalue weighted by Crippen LogP contribution is -1.98. The van der Waals surface area contributed by atoms with E-state index in [1.54, 1.807) is 6.20 Å². The summed E-state index contributed by atoms with van der Waals surface area (Å²) in [5.74, 6) is 2.54. The van der Waals surface area contributed by atoms with Crippen LogP contribution < -0.4 is 10.1 Å². The van der Waals surface area contributed by atoms with Gasteiger partial charge in [-0.05, 0) is 34.5 Å². The summed E-state index contributed by atoms with van der Waals surface area (Å²) in [6.07, 6.45) is 4.42. The smallest absolute Gasteiger partial charge is 0.216 e. The molecule has 0 bridgehead atoms. The van der Waals surface area contributed by atoms with Crippen LogP contribution in [0.2, 0.25) is 0 Å². The van der Waals surface area contributed by atoms with Gasteiger partial charge in [-0.25, -0.2) is 9.97 Å². The number of aryl methyl sites for hydroxylation is 2. The number of hydrogen-bond acceptors (Lipinski definition) is 8. The summed E-state index contributed by atoms with van der Waals surface area (Å²) in [5.41, 5.74) is 0.948. The van der Waals surface area contributed by atoms with Gasteiger partial charge in [-0.3, -0.25) is 0 Å². The van der Waals surface area contributed by atoms with Gasteiger partial charge in [0.2, 0.25) is 12.3 Å². The van der Waals surface area contributed by atoms with Crippen molar-refractivity contribution in [1.82, 2.24) is 20.2 Å². The van der Waals surface area contributed by atoms with Crippen LogP contribution in [0.1, 0.15) is 11.6 Å². The Labute approximate surface area is 167 Å². The number of hydrogen-bond donors (Lipinski definition) is 1. The van der Waals surface area contributed by atoms with Gasteiger partial charge in [-0.2, -0.15) is 0 Å². The molecule has 4 rings (SSSR count). The third kappa shape index (κ3) is 4.69. The van der Waals surface area contributed by atoms with E-state index in [-0.39, 0.29) is 0 Å². The second-order valence-corrected chi connectivity index (χ2v) is 7.29. The molecule has 1 N–H and O–H groups in total. The zero-order chi connectivity index (χ0) is 18.5. The Morgan fingerprint density at radius 1 is 1.19 bits per heavy atom. The van der Waals surface area contributed by atoms with Crippen LogP contribution in [0.15, 0.2) is 63.3 Å². The molecular formula is C18H14BrN5O2S. The zero-order valence-electron chi connectivity index (χ0n) is 14.0. The van der Waals surface area contributed by atoms with Crippen molar-refractivity contribution in [1.29, 1.82) is 0 Å². The van der Waals surface area contributed by atoms with Gasteiger partial charge >= 0.3 is 0 Å². The number of benzene rings is 1. The summed E-state index contributed by atoms with van der Waals surface area (Å²) in [6, 6.07) is 11.4. The fraction of sp³-hybridized carbons (Fsp3) is 0.111. The van der Waals surface area contributed by atoms with E-state index in [0.29, 0.717) is 23.9 Å². The van der Waals surface area contributed by atoms with Crippen LogP contribution in [-0.2, 0) is 12.8 Å². The van der Waals surface area contributed by atoms with Gasteiger partial charge in [-0.1, -0.05) is 18.2 Å². The van der Waals surface area contributed by atoms with E-state index in [4.69, 9.17) is 9.15 Å². The van der Waals surface area contributed by atoms with Crippen molar-refractivity contribution in [2.24, 2.45) is 0 Å². The van der Waals surface area contributed by atoms with E-state index in [0.717, 1.165) is 27.5 Å². The molecule has 0 saturated carbocycles. The number of anilines is 2. The number of para-hydroxylation sites is 1. The first-order chi connectivity index (χ1) is 13.3. The van der Waals surface area contributed by atoms with Crippen LogP contribution in [0.25, 0.3) is 0 Å². The van der Waals surface area contributed by atoms with Crippen LogP contribution in [0.4, 0.5) is 10.9 Å². The largest absolute Gasteiger partial charge is 0.453 e. The standard InChI is InChI=1S/C18H14BrN5O2S/c19-12-8-15(26-14-4-2-1-3-5-14)17(20-9-12)23-18-22-13(10-27-18)6-7-16-24-21-11-25-16/h1-5,8-11H,6-7H2,(H,20,22,23). The Hall–Kier alpha value is -2.78. The minimum atomic E-state index is 0.597. The van der Waals surface area contributed by atoms with Crippen LogP contribution in [-0.4, -0.2) is 20.2 Å². The number of nitrogens with one attached hydrogen (secondary N) is 1. The number of rotatable bonds is 7. The molecule has 7 nitrogen and oxygen atoms in total. The van der Waals surface area contributed by atoms with Crippen molar-refractivity contribution in [3.05, 3.63) is 70.4 Å². The molecule has 0 atom stereocenters. The Morgan fingerprint density at radius 3 is 2.89 bits per heavy atom. The van der Waals surface area contributed by atoms with Gasteiger partial charge in [0.15, 0.2) is 16.7 Å². The SMILES string of the molecule is Brc1cnc(Nc2nc(CCc3nnco3)cs2)c(Oc2ccccc2)c1. The van der Waals surface area contributed by atoms with Crippen molar-refractivity contribution in [2.45, 2.75) is 12.8 Å².